The van der Waals surface area contributed by atoms with Crippen molar-refractivity contribution in [2.75, 3.05) is 5.73 Å². The molecule has 1 aromatic carbocycles. The van der Waals surface area contributed by atoms with Gasteiger partial charge in [-0.15, -0.1) is 0 Å². The quantitative estimate of drug-likeness (QED) is 0.733. The molecule has 2 rings (SSSR count). The number of aromatic carboxylic acids is 1. The van der Waals surface area contributed by atoms with Gasteiger partial charge in [-0.2, -0.15) is 0 Å². The maximum absolute atomic E-state index is 10.8. The van der Waals surface area contributed by atoms with E-state index in [-0.39, 0.29) is 5.56 Å². The predicted molar refractivity (Wildman–Crippen MR) is 55.5 cm³/mol. The number of furan rings is 1. The van der Waals surface area contributed by atoms with E-state index in [1.807, 2.05) is 0 Å². The standard InChI is InChI=1S/C11H9NO3/c12-8-3-1-2-7(4-8)9-5-15-6-10(9)11(13)14/h1-6H,12H2,(H,13,14). The van der Waals surface area contributed by atoms with Crippen LogP contribution in [-0.4, -0.2) is 11.1 Å². The van der Waals surface area contributed by atoms with Gasteiger partial charge in [-0.3, -0.25) is 0 Å². The lowest BCUT2D eigenvalue weighted by atomic mass is 10.0. The molecule has 0 bridgehead atoms. The molecule has 3 N–H and O–H groups in total. The van der Waals surface area contributed by atoms with Crippen LogP contribution >= 0.6 is 0 Å². The minimum Gasteiger partial charge on any atom is -0.478 e. The molecule has 0 aliphatic carbocycles. The van der Waals surface area contributed by atoms with Gasteiger partial charge in [0, 0.05) is 11.3 Å². The first-order chi connectivity index (χ1) is 7.18. The second-order valence-electron chi connectivity index (χ2n) is 3.13. The van der Waals surface area contributed by atoms with E-state index in [4.69, 9.17) is 15.3 Å². The fraction of sp³-hybridized carbons (Fsp3) is 0. The van der Waals surface area contributed by atoms with Crippen LogP contribution in [0, 0.1) is 0 Å². The number of benzene rings is 1. The summed E-state index contributed by atoms with van der Waals surface area (Å²) < 4.78 is 4.88. The number of anilines is 1. The van der Waals surface area contributed by atoms with Crippen molar-refractivity contribution in [1.29, 1.82) is 0 Å². The average molecular weight is 203 g/mol. The van der Waals surface area contributed by atoms with E-state index in [1.54, 1.807) is 24.3 Å². The van der Waals surface area contributed by atoms with Crippen LogP contribution in [0.5, 0.6) is 0 Å². The summed E-state index contributed by atoms with van der Waals surface area (Å²) in [6.07, 6.45) is 2.61. The highest BCUT2D eigenvalue weighted by Gasteiger charge is 2.13. The highest BCUT2D eigenvalue weighted by molar-refractivity contribution is 5.95. The zero-order valence-corrected chi connectivity index (χ0v) is 7.81. The first-order valence-corrected chi connectivity index (χ1v) is 4.34. The lowest BCUT2D eigenvalue weighted by Gasteiger charge is -2.00. The molecular weight excluding hydrogens is 194 g/mol. The second-order valence-corrected chi connectivity index (χ2v) is 3.13. The molecule has 0 atom stereocenters. The molecule has 15 heavy (non-hydrogen) atoms. The molecule has 0 unspecified atom stereocenters. The van der Waals surface area contributed by atoms with Crippen molar-refractivity contribution in [2.45, 2.75) is 0 Å². The molecule has 1 heterocycles. The SMILES string of the molecule is Nc1cccc(-c2cocc2C(=O)O)c1. The maximum atomic E-state index is 10.8. The van der Waals surface area contributed by atoms with Gasteiger partial charge in [0.15, 0.2) is 0 Å². The van der Waals surface area contributed by atoms with Crippen molar-refractivity contribution in [3.05, 3.63) is 42.4 Å². The minimum absolute atomic E-state index is 0.139. The van der Waals surface area contributed by atoms with Gasteiger partial charge in [-0.1, -0.05) is 12.1 Å². The molecule has 0 fully saturated rings. The summed E-state index contributed by atoms with van der Waals surface area (Å²) in [6.45, 7) is 0. The Labute approximate surface area is 85.9 Å². The van der Waals surface area contributed by atoms with E-state index in [9.17, 15) is 4.79 Å². The van der Waals surface area contributed by atoms with Gasteiger partial charge in [-0.05, 0) is 17.7 Å². The topological polar surface area (TPSA) is 76.5 Å². The van der Waals surface area contributed by atoms with E-state index in [0.717, 1.165) is 5.56 Å². The molecule has 0 radical (unpaired) electrons. The van der Waals surface area contributed by atoms with Crippen LogP contribution < -0.4 is 5.73 Å². The van der Waals surface area contributed by atoms with Crippen molar-refractivity contribution in [2.24, 2.45) is 0 Å². The Morgan fingerprint density at radius 3 is 2.80 bits per heavy atom. The Morgan fingerprint density at radius 2 is 2.13 bits per heavy atom. The Bertz CT molecular complexity index is 502. The molecule has 0 amide bonds. The van der Waals surface area contributed by atoms with Gasteiger partial charge < -0.3 is 15.3 Å². The monoisotopic (exact) mass is 203 g/mol. The molecule has 0 spiro atoms. The van der Waals surface area contributed by atoms with Gasteiger partial charge in [-0.25, -0.2) is 4.79 Å². The third kappa shape index (κ3) is 1.69. The van der Waals surface area contributed by atoms with E-state index in [1.165, 1.54) is 12.5 Å². The maximum Gasteiger partial charge on any atom is 0.339 e. The van der Waals surface area contributed by atoms with Crippen LogP contribution in [-0.2, 0) is 0 Å². The summed E-state index contributed by atoms with van der Waals surface area (Å²) in [6, 6.07) is 7.00. The highest BCUT2D eigenvalue weighted by atomic mass is 16.4. The minimum atomic E-state index is -1.01. The number of hydrogen-bond donors (Lipinski definition) is 2. The van der Waals surface area contributed by atoms with E-state index >= 15 is 0 Å². The summed E-state index contributed by atoms with van der Waals surface area (Å²) in [5.41, 5.74) is 7.61. The van der Waals surface area contributed by atoms with Crippen LogP contribution in [0.25, 0.3) is 11.1 Å². The summed E-state index contributed by atoms with van der Waals surface area (Å²) in [5, 5.41) is 8.89. The van der Waals surface area contributed by atoms with Crippen LogP contribution in [0.4, 0.5) is 5.69 Å². The summed E-state index contributed by atoms with van der Waals surface area (Å²) >= 11 is 0. The molecule has 2 aromatic rings. The summed E-state index contributed by atoms with van der Waals surface area (Å²) in [4.78, 5) is 10.8. The lowest BCUT2D eigenvalue weighted by Crippen LogP contribution is -1.96. The third-order valence-corrected chi connectivity index (χ3v) is 2.09. The zero-order valence-electron chi connectivity index (χ0n) is 7.81. The first kappa shape index (κ1) is 9.33. The van der Waals surface area contributed by atoms with Crippen molar-refractivity contribution >= 4 is 11.7 Å². The molecule has 0 aliphatic heterocycles. The number of carbonyl (C=O) groups is 1. The fourth-order valence-corrected chi connectivity index (χ4v) is 1.39. The van der Waals surface area contributed by atoms with Crippen molar-refractivity contribution in [1.82, 2.24) is 0 Å². The molecule has 4 nitrogen and oxygen atoms in total. The number of nitrogens with two attached hydrogens (primary N) is 1. The van der Waals surface area contributed by atoms with Crippen LogP contribution in [0.1, 0.15) is 10.4 Å². The van der Waals surface area contributed by atoms with Crippen LogP contribution in [0.15, 0.2) is 41.2 Å². The molecular formula is C11H9NO3. The van der Waals surface area contributed by atoms with Gasteiger partial charge in [0.2, 0.25) is 0 Å². The fourth-order valence-electron chi connectivity index (χ4n) is 1.39. The number of carboxylic acid groups (broad SMARTS) is 1. The predicted octanol–water partition coefficient (Wildman–Crippen LogP) is 2.23. The van der Waals surface area contributed by atoms with E-state index < -0.39 is 5.97 Å². The molecule has 1 aromatic heterocycles. The second kappa shape index (κ2) is 3.49. The Kier molecular flexibility index (Phi) is 2.17. The van der Waals surface area contributed by atoms with E-state index in [0.29, 0.717) is 11.3 Å². The molecule has 0 saturated heterocycles. The van der Waals surface area contributed by atoms with Gasteiger partial charge in [0.1, 0.15) is 11.8 Å². The van der Waals surface area contributed by atoms with Gasteiger partial charge in [0.05, 0.1) is 6.26 Å². The number of hydrogen-bond acceptors (Lipinski definition) is 3. The molecule has 76 valence electrons. The largest absolute Gasteiger partial charge is 0.478 e. The number of rotatable bonds is 2. The Hall–Kier alpha value is -2.23. The van der Waals surface area contributed by atoms with Gasteiger partial charge in [0.25, 0.3) is 0 Å². The Morgan fingerprint density at radius 1 is 1.33 bits per heavy atom. The van der Waals surface area contributed by atoms with Crippen molar-refractivity contribution < 1.29 is 14.3 Å². The van der Waals surface area contributed by atoms with Crippen LogP contribution in [0.2, 0.25) is 0 Å². The highest BCUT2D eigenvalue weighted by Crippen LogP contribution is 2.26. The smallest absolute Gasteiger partial charge is 0.339 e. The summed E-state index contributed by atoms with van der Waals surface area (Å²) in [5.74, 6) is -1.01. The molecule has 0 aliphatic rings. The Balaban J connectivity index is 2.54. The van der Waals surface area contributed by atoms with Crippen molar-refractivity contribution in [3.63, 3.8) is 0 Å². The molecule has 4 heteroatoms. The zero-order chi connectivity index (χ0) is 10.8. The van der Waals surface area contributed by atoms with Gasteiger partial charge >= 0.3 is 5.97 Å². The van der Waals surface area contributed by atoms with Crippen LogP contribution in [0.3, 0.4) is 0 Å². The number of nitrogen functional groups attached to an aromatic ring is 1. The average Bonchev–Trinajstić information content (AvgIpc) is 2.65. The normalized spacial score (nSPS) is 10.1. The first-order valence-electron chi connectivity index (χ1n) is 4.34. The summed E-state index contributed by atoms with van der Waals surface area (Å²) in [7, 11) is 0. The third-order valence-electron chi connectivity index (χ3n) is 2.09. The number of carboxylic acids is 1. The lowest BCUT2D eigenvalue weighted by molar-refractivity contribution is 0.0697. The van der Waals surface area contributed by atoms with E-state index in [2.05, 4.69) is 0 Å². The molecule has 0 saturated carbocycles. The van der Waals surface area contributed by atoms with Crippen molar-refractivity contribution in [3.8, 4) is 11.1 Å².